The van der Waals surface area contributed by atoms with Gasteiger partial charge in [-0.1, -0.05) is 6.92 Å². The Morgan fingerprint density at radius 2 is 2.21 bits per heavy atom. The van der Waals surface area contributed by atoms with Crippen molar-refractivity contribution in [2.24, 2.45) is 0 Å². The van der Waals surface area contributed by atoms with Gasteiger partial charge in [0.25, 0.3) is 5.91 Å². The number of amides is 1. The van der Waals surface area contributed by atoms with Crippen LogP contribution >= 0.6 is 0 Å². The monoisotopic (exact) mass is 259 g/mol. The van der Waals surface area contributed by atoms with Crippen LogP contribution in [0.3, 0.4) is 0 Å². The molecule has 0 aliphatic heterocycles. The second-order valence-electron chi connectivity index (χ2n) is 3.64. The highest BCUT2D eigenvalue weighted by molar-refractivity contribution is 6.01. The zero-order valence-electron chi connectivity index (χ0n) is 10.4. The Bertz CT molecular complexity index is 546. The first-order valence-corrected chi connectivity index (χ1v) is 5.80. The van der Waals surface area contributed by atoms with E-state index in [2.05, 4.69) is 35.8 Å². The number of anilines is 2. The zero-order chi connectivity index (χ0) is 13.5. The van der Waals surface area contributed by atoms with Crippen LogP contribution in [0.25, 0.3) is 0 Å². The molecule has 0 saturated heterocycles. The second-order valence-corrected chi connectivity index (χ2v) is 3.64. The summed E-state index contributed by atoms with van der Waals surface area (Å²) < 4.78 is 0. The lowest BCUT2D eigenvalue weighted by molar-refractivity contribution is 0.102. The summed E-state index contributed by atoms with van der Waals surface area (Å²) in [5.74, 6) is 0.253. The maximum Gasteiger partial charge on any atom is 0.278 e. The number of carbonyl (C=O) groups excluding carboxylic acids is 1. The zero-order valence-corrected chi connectivity index (χ0v) is 10.4. The molecule has 2 rings (SSSR count). The molecule has 8 nitrogen and oxygen atoms in total. The topological polar surface area (TPSA) is 106 Å². The molecule has 2 heterocycles. The predicted molar refractivity (Wildman–Crippen MR) is 68.6 cm³/mol. The number of hydrogen-bond acceptors (Lipinski definition) is 7. The van der Waals surface area contributed by atoms with Gasteiger partial charge in [-0.05, 0) is 6.42 Å². The molecule has 98 valence electrons. The van der Waals surface area contributed by atoms with Gasteiger partial charge in [-0.2, -0.15) is 5.10 Å². The van der Waals surface area contributed by atoms with E-state index in [4.69, 9.17) is 0 Å². The minimum atomic E-state index is -0.430. The second kappa shape index (κ2) is 6.34. The fraction of sp³-hybridized carbons (Fsp3) is 0.273. The molecule has 8 heteroatoms. The van der Waals surface area contributed by atoms with Crippen LogP contribution in [0.5, 0.6) is 0 Å². The Balaban J connectivity index is 2.06. The number of hydrogen-bond donors (Lipinski definition) is 2. The molecule has 0 aliphatic rings. The van der Waals surface area contributed by atoms with Crippen molar-refractivity contribution in [1.29, 1.82) is 0 Å². The van der Waals surface area contributed by atoms with E-state index in [9.17, 15) is 4.79 Å². The molecule has 0 unspecified atom stereocenters. The lowest BCUT2D eigenvalue weighted by atomic mass is 10.4. The lowest BCUT2D eigenvalue weighted by Gasteiger charge is -2.05. The molecule has 19 heavy (non-hydrogen) atoms. The van der Waals surface area contributed by atoms with E-state index >= 15 is 0 Å². The third-order valence-electron chi connectivity index (χ3n) is 2.13. The van der Waals surface area contributed by atoms with Gasteiger partial charge in [0.15, 0.2) is 0 Å². The van der Waals surface area contributed by atoms with Crippen molar-refractivity contribution >= 4 is 17.7 Å². The van der Waals surface area contributed by atoms with Crippen LogP contribution in [0.1, 0.15) is 23.8 Å². The number of carbonyl (C=O) groups is 1. The fourth-order valence-electron chi connectivity index (χ4n) is 1.28. The average Bonchev–Trinajstić information content (AvgIpc) is 2.46. The molecule has 2 aromatic heterocycles. The standard InChI is InChI=1S/C11H13N7O/c1-2-3-13-9-7-12-6-8(16-9)10(19)17-11-14-4-5-15-18-11/h4-7H,2-3H2,1H3,(H,13,16)(H,14,17,18,19). The van der Waals surface area contributed by atoms with E-state index in [1.54, 1.807) is 6.20 Å². The molecule has 2 aromatic rings. The summed E-state index contributed by atoms with van der Waals surface area (Å²) in [6.07, 6.45) is 6.76. The van der Waals surface area contributed by atoms with Gasteiger partial charge >= 0.3 is 0 Å². The molecular formula is C11H13N7O. The quantitative estimate of drug-likeness (QED) is 0.815. The molecule has 0 spiro atoms. The average molecular weight is 259 g/mol. The van der Waals surface area contributed by atoms with Crippen LogP contribution < -0.4 is 10.6 Å². The van der Waals surface area contributed by atoms with E-state index in [0.717, 1.165) is 13.0 Å². The molecule has 1 amide bonds. The van der Waals surface area contributed by atoms with Gasteiger partial charge in [-0.25, -0.2) is 9.97 Å². The Kier molecular flexibility index (Phi) is 4.27. The minimum Gasteiger partial charge on any atom is -0.369 e. The van der Waals surface area contributed by atoms with Gasteiger partial charge in [-0.15, -0.1) is 5.10 Å². The van der Waals surface area contributed by atoms with Gasteiger partial charge < -0.3 is 5.32 Å². The minimum absolute atomic E-state index is 0.126. The lowest BCUT2D eigenvalue weighted by Crippen LogP contribution is -2.17. The van der Waals surface area contributed by atoms with Crippen LogP contribution in [0.4, 0.5) is 11.8 Å². The summed E-state index contributed by atoms with van der Waals surface area (Å²) in [5.41, 5.74) is 0.188. The first-order chi connectivity index (χ1) is 9.29. The molecule has 0 aromatic carbocycles. The largest absolute Gasteiger partial charge is 0.369 e. The molecule has 0 fully saturated rings. The van der Waals surface area contributed by atoms with Crippen molar-refractivity contribution in [2.75, 3.05) is 17.2 Å². The first-order valence-electron chi connectivity index (χ1n) is 5.80. The summed E-state index contributed by atoms with van der Waals surface area (Å²) in [6.45, 7) is 2.81. The van der Waals surface area contributed by atoms with Crippen LogP contribution in [-0.2, 0) is 0 Å². The van der Waals surface area contributed by atoms with Gasteiger partial charge in [-0.3, -0.25) is 15.1 Å². The maximum absolute atomic E-state index is 11.9. The predicted octanol–water partition coefficient (Wildman–Crippen LogP) is 0.736. The van der Waals surface area contributed by atoms with E-state index in [-0.39, 0.29) is 11.6 Å². The van der Waals surface area contributed by atoms with Crippen molar-refractivity contribution in [1.82, 2.24) is 25.1 Å². The van der Waals surface area contributed by atoms with Crippen LogP contribution in [0, 0.1) is 0 Å². The Labute approximate surface area is 109 Å². The normalized spacial score (nSPS) is 9.95. The number of nitrogens with zero attached hydrogens (tertiary/aromatic N) is 5. The van der Waals surface area contributed by atoms with Gasteiger partial charge in [0.2, 0.25) is 5.95 Å². The van der Waals surface area contributed by atoms with Crippen LogP contribution in [0.2, 0.25) is 0 Å². The fourth-order valence-corrected chi connectivity index (χ4v) is 1.28. The molecule has 0 atom stereocenters. The molecule has 0 saturated carbocycles. The summed E-state index contributed by atoms with van der Waals surface area (Å²) in [5, 5.41) is 12.8. The maximum atomic E-state index is 11.9. The number of aromatic nitrogens is 5. The molecule has 0 bridgehead atoms. The van der Waals surface area contributed by atoms with Crippen LogP contribution in [-0.4, -0.2) is 37.6 Å². The van der Waals surface area contributed by atoms with Crippen molar-refractivity contribution in [2.45, 2.75) is 13.3 Å². The summed E-state index contributed by atoms with van der Waals surface area (Å²) in [4.78, 5) is 23.8. The molecule has 0 radical (unpaired) electrons. The SMILES string of the molecule is CCCNc1cncc(C(=O)Nc2nccnn2)n1. The first kappa shape index (κ1) is 12.8. The van der Waals surface area contributed by atoms with Gasteiger partial charge in [0.1, 0.15) is 11.5 Å². The summed E-state index contributed by atoms with van der Waals surface area (Å²) >= 11 is 0. The highest BCUT2D eigenvalue weighted by atomic mass is 16.2. The molecule has 0 aliphatic carbocycles. The third-order valence-corrected chi connectivity index (χ3v) is 2.13. The van der Waals surface area contributed by atoms with E-state index < -0.39 is 5.91 Å². The summed E-state index contributed by atoms with van der Waals surface area (Å²) in [6, 6.07) is 0. The molecule has 2 N–H and O–H groups in total. The van der Waals surface area contributed by atoms with Crippen molar-refractivity contribution in [3.8, 4) is 0 Å². The molecular weight excluding hydrogens is 246 g/mol. The number of nitrogens with one attached hydrogen (secondary N) is 2. The van der Waals surface area contributed by atoms with Crippen molar-refractivity contribution in [3.05, 3.63) is 30.5 Å². The van der Waals surface area contributed by atoms with Crippen molar-refractivity contribution in [3.63, 3.8) is 0 Å². The Hall–Kier alpha value is -2.64. The van der Waals surface area contributed by atoms with E-state index in [1.807, 2.05) is 6.92 Å². The van der Waals surface area contributed by atoms with Crippen LogP contribution in [0.15, 0.2) is 24.8 Å². The summed E-state index contributed by atoms with van der Waals surface area (Å²) in [7, 11) is 0. The Morgan fingerprint density at radius 3 is 2.95 bits per heavy atom. The van der Waals surface area contributed by atoms with Gasteiger partial charge in [0.05, 0.1) is 24.8 Å². The van der Waals surface area contributed by atoms with Crippen molar-refractivity contribution < 1.29 is 4.79 Å². The highest BCUT2D eigenvalue weighted by Gasteiger charge is 2.10. The van der Waals surface area contributed by atoms with E-state index in [0.29, 0.717) is 5.82 Å². The van der Waals surface area contributed by atoms with Gasteiger partial charge in [0, 0.05) is 6.54 Å². The number of rotatable bonds is 5. The third kappa shape index (κ3) is 3.66. The highest BCUT2D eigenvalue weighted by Crippen LogP contribution is 2.04. The smallest absolute Gasteiger partial charge is 0.278 e. The van der Waals surface area contributed by atoms with E-state index in [1.165, 1.54) is 18.6 Å². The Morgan fingerprint density at radius 1 is 1.32 bits per heavy atom.